The van der Waals surface area contributed by atoms with E-state index in [4.69, 9.17) is 0 Å². The van der Waals surface area contributed by atoms with E-state index in [1.807, 2.05) is 37.3 Å². The molecular formula is C14H16F3NS. The van der Waals surface area contributed by atoms with Crippen LogP contribution in [0.1, 0.15) is 30.7 Å². The first-order chi connectivity index (χ1) is 8.99. The number of hydrogen-bond acceptors (Lipinski definition) is 2. The zero-order chi connectivity index (χ0) is 13.9. The first-order valence-corrected chi connectivity index (χ1v) is 7.10. The Hall–Kier alpha value is -1.07. The molecule has 2 rings (SSSR count). The van der Waals surface area contributed by atoms with E-state index in [0.29, 0.717) is 6.54 Å². The molecule has 0 radical (unpaired) electrons. The minimum absolute atomic E-state index is 0.0875. The van der Waals surface area contributed by atoms with Crippen molar-refractivity contribution in [3.05, 3.63) is 35.2 Å². The van der Waals surface area contributed by atoms with Crippen LogP contribution in [0.3, 0.4) is 0 Å². The molecule has 0 bridgehead atoms. The largest absolute Gasteiger partial charge is 0.389 e. The number of rotatable bonds is 5. The van der Waals surface area contributed by atoms with Crippen molar-refractivity contribution >= 4 is 21.4 Å². The summed E-state index contributed by atoms with van der Waals surface area (Å²) < 4.78 is 38.2. The minimum Gasteiger partial charge on any atom is -0.310 e. The molecule has 1 heterocycles. The zero-order valence-electron chi connectivity index (χ0n) is 10.6. The van der Waals surface area contributed by atoms with Crippen molar-refractivity contribution < 1.29 is 13.2 Å². The first kappa shape index (κ1) is 14.3. The van der Waals surface area contributed by atoms with Crippen LogP contribution in [-0.2, 0) is 0 Å². The van der Waals surface area contributed by atoms with Gasteiger partial charge in [-0.05, 0) is 30.5 Å². The molecule has 0 saturated heterocycles. The lowest BCUT2D eigenvalue weighted by molar-refractivity contribution is -0.136. The van der Waals surface area contributed by atoms with E-state index in [2.05, 4.69) is 5.32 Å². The zero-order valence-corrected chi connectivity index (χ0v) is 11.4. The Kier molecular flexibility index (Phi) is 4.47. The van der Waals surface area contributed by atoms with Crippen molar-refractivity contribution in [2.75, 3.05) is 6.54 Å². The lowest BCUT2D eigenvalue weighted by Crippen LogP contribution is -2.22. The highest BCUT2D eigenvalue weighted by atomic mass is 32.1. The lowest BCUT2D eigenvalue weighted by Gasteiger charge is -2.17. The second-order valence-corrected chi connectivity index (χ2v) is 5.57. The molecule has 1 atom stereocenters. The predicted molar refractivity (Wildman–Crippen MR) is 73.5 cm³/mol. The van der Waals surface area contributed by atoms with Crippen molar-refractivity contribution in [1.29, 1.82) is 0 Å². The average molecular weight is 287 g/mol. The number of hydrogen-bond donors (Lipinski definition) is 1. The van der Waals surface area contributed by atoms with Gasteiger partial charge < -0.3 is 5.32 Å². The summed E-state index contributed by atoms with van der Waals surface area (Å²) in [5, 5.41) is 4.24. The molecule has 2 aromatic rings. The normalized spacial score (nSPS) is 13.9. The lowest BCUT2D eigenvalue weighted by atomic mass is 10.1. The molecule has 0 fully saturated rings. The molecule has 1 nitrogen and oxygen atoms in total. The number of benzene rings is 1. The molecule has 19 heavy (non-hydrogen) atoms. The van der Waals surface area contributed by atoms with Crippen molar-refractivity contribution in [2.24, 2.45) is 0 Å². The third-order valence-electron chi connectivity index (χ3n) is 2.96. The maximum absolute atomic E-state index is 12.4. The van der Waals surface area contributed by atoms with Gasteiger partial charge >= 0.3 is 6.18 Å². The van der Waals surface area contributed by atoms with E-state index in [1.54, 1.807) is 11.3 Å². The summed E-state index contributed by atoms with van der Waals surface area (Å²) in [6.07, 6.45) is -4.76. The highest BCUT2D eigenvalue weighted by Crippen LogP contribution is 2.34. The van der Waals surface area contributed by atoms with Gasteiger partial charge in [-0.3, -0.25) is 0 Å². The summed E-state index contributed by atoms with van der Waals surface area (Å²) >= 11 is 1.57. The van der Waals surface area contributed by atoms with Gasteiger partial charge in [0.1, 0.15) is 0 Å². The molecule has 0 aliphatic heterocycles. The van der Waals surface area contributed by atoms with Crippen LogP contribution in [0, 0.1) is 0 Å². The summed E-state index contributed by atoms with van der Waals surface area (Å²) in [5.41, 5.74) is 0. The van der Waals surface area contributed by atoms with Crippen molar-refractivity contribution in [2.45, 2.75) is 32.0 Å². The second-order valence-electron chi connectivity index (χ2n) is 4.45. The van der Waals surface area contributed by atoms with Crippen LogP contribution in [0.15, 0.2) is 30.3 Å². The molecule has 1 aromatic heterocycles. The van der Waals surface area contributed by atoms with E-state index in [0.717, 1.165) is 15.0 Å². The van der Waals surface area contributed by atoms with Gasteiger partial charge in [0.25, 0.3) is 0 Å². The summed E-state index contributed by atoms with van der Waals surface area (Å²) in [7, 11) is 0. The van der Waals surface area contributed by atoms with Gasteiger partial charge in [0.2, 0.25) is 0 Å². The van der Waals surface area contributed by atoms with Gasteiger partial charge in [-0.1, -0.05) is 25.1 Å². The van der Waals surface area contributed by atoms with Crippen LogP contribution in [0.4, 0.5) is 13.2 Å². The maximum Gasteiger partial charge on any atom is 0.389 e. The van der Waals surface area contributed by atoms with Gasteiger partial charge in [0.05, 0.1) is 0 Å². The van der Waals surface area contributed by atoms with E-state index in [1.165, 1.54) is 0 Å². The Bertz CT molecular complexity index is 500. The Morgan fingerprint density at radius 3 is 2.63 bits per heavy atom. The fourth-order valence-corrected chi connectivity index (χ4v) is 3.25. The quantitative estimate of drug-likeness (QED) is 0.825. The molecular weight excluding hydrogens is 271 g/mol. The SMILES string of the molecule is CCNC(CCC(F)(F)F)c1cc2ccccc2s1. The molecule has 1 N–H and O–H groups in total. The molecule has 1 unspecified atom stereocenters. The third kappa shape index (κ3) is 3.94. The van der Waals surface area contributed by atoms with Crippen LogP contribution in [-0.4, -0.2) is 12.7 Å². The standard InChI is InChI=1S/C14H16F3NS/c1-2-18-11(7-8-14(15,16)17)13-9-10-5-3-4-6-12(10)19-13/h3-6,9,11,18H,2,7-8H2,1H3. The van der Waals surface area contributed by atoms with Gasteiger partial charge in [0.15, 0.2) is 0 Å². The summed E-state index contributed by atoms with van der Waals surface area (Å²) in [5.74, 6) is 0. The Morgan fingerprint density at radius 2 is 2.00 bits per heavy atom. The molecule has 1 aromatic carbocycles. The molecule has 0 spiro atoms. The van der Waals surface area contributed by atoms with E-state index < -0.39 is 12.6 Å². The minimum atomic E-state index is -4.09. The summed E-state index contributed by atoms with van der Waals surface area (Å²) in [6, 6.07) is 9.64. The average Bonchev–Trinajstić information content (AvgIpc) is 2.76. The molecule has 0 aliphatic rings. The third-order valence-corrected chi connectivity index (χ3v) is 4.18. The molecule has 0 amide bonds. The number of nitrogens with one attached hydrogen (secondary N) is 1. The van der Waals surface area contributed by atoms with E-state index in [9.17, 15) is 13.2 Å². The van der Waals surface area contributed by atoms with Crippen molar-refractivity contribution in [1.82, 2.24) is 5.32 Å². The van der Waals surface area contributed by atoms with Crippen LogP contribution in [0.25, 0.3) is 10.1 Å². The summed E-state index contributed by atoms with van der Waals surface area (Å²) in [6.45, 7) is 2.57. The van der Waals surface area contributed by atoms with Crippen LogP contribution < -0.4 is 5.32 Å². The molecule has 104 valence electrons. The number of halogens is 3. The number of fused-ring (bicyclic) bond motifs is 1. The fraction of sp³-hybridized carbons (Fsp3) is 0.429. The van der Waals surface area contributed by atoms with Crippen molar-refractivity contribution in [3.8, 4) is 0 Å². The van der Waals surface area contributed by atoms with Crippen molar-refractivity contribution in [3.63, 3.8) is 0 Å². The van der Waals surface area contributed by atoms with Crippen LogP contribution >= 0.6 is 11.3 Å². The van der Waals surface area contributed by atoms with E-state index in [-0.39, 0.29) is 12.5 Å². The smallest absolute Gasteiger partial charge is 0.310 e. The monoisotopic (exact) mass is 287 g/mol. The van der Waals surface area contributed by atoms with Crippen LogP contribution in [0.2, 0.25) is 0 Å². The first-order valence-electron chi connectivity index (χ1n) is 6.28. The fourth-order valence-electron chi connectivity index (χ4n) is 2.07. The maximum atomic E-state index is 12.4. The van der Waals surface area contributed by atoms with E-state index >= 15 is 0 Å². The topological polar surface area (TPSA) is 12.0 Å². The Morgan fingerprint density at radius 1 is 1.26 bits per heavy atom. The highest BCUT2D eigenvalue weighted by molar-refractivity contribution is 7.19. The summed E-state index contributed by atoms with van der Waals surface area (Å²) in [4.78, 5) is 0.979. The number of alkyl halides is 3. The highest BCUT2D eigenvalue weighted by Gasteiger charge is 2.29. The van der Waals surface area contributed by atoms with Gasteiger partial charge in [-0.2, -0.15) is 13.2 Å². The predicted octanol–water partition coefficient (Wildman–Crippen LogP) is 4.89. The Labute approximate surface area is 114 Å². The molecule has 5 heteroatoms. The second kappa shape index (κ2) is 5.92. The van der Waals surface area contributed by atoms with Gasteiger partial charge in [-0.15, -0.1) is 11.3 Å². The van der Waals surface area contributed by atoms with Crippen LogP contribution in [0.5, 0.6) is 0 Å². The number of thiophene rings is 1. The molecule has 0 saturated carbocycles. The van der Waals surface area contributed by atoms with Gasteiger partial charge in [0, 0.05) is 22.0 Å². The Balaban J connectivity index is 2.17. The van der Waals surface area contributed by atoms with Gasteiger partial charge in [-0.25, -0.2) is 0 Å². The molecule has 0 aliphatic carbocycles.